The van der Waals surface area contributed by atoms with E-state index in [4.69, 9.17) is 9.47 Å². The summed E-state index contributed by atoms with van der Waals surface area (Å²) in [5.74, 6) is -0.525. The summed E-state index contributed by atoms with van der Waals surface area (Å²) in [6.07, 6.45) is 3.17. The Morgan fingerprint density at radius 3 is 2.42 bits per heavy atom. The Balaban J connectivity index is 3.91. The Bertz CT molecular complexity index is 282. The number of carbonyl (C=O) groups is 2. The summed E-state index contributed by atoms with van der Waals surface area (Å²) >= 11 is 0. The molecule has 0 saturated carbocycles. The van der Waals surface area contributed by atoms with Crippen LogP contribution in [0.1, 0.15) is 59.8 Å². The maximum Gasteiger partial charge on any atom is 0.312 e. The van der Waals surface area contributed by atoms with E-state index in [1.165, 1.54) is 0 Å². The molecule has 1 atom stereocenters. The van der Waals surface area contributed by atoms with Crippen molar-refractivity contribution in [1.82, 2.24) is 0 Å². The molecule has 0 bridgehead atoms. The molecule has 4 nitrogen and oxygen atoms in total. The van der Waals surface area contributed by atoms with Gasteiger partial charge in [0.05, 0.1) is 18.1 Å². The van der Waals surface area contributed by atoms with E-state index in [0.717, 1.165) is 12.8 Å². The molecule has 0 heterocycles. The lowest BCUT2D eigenvalue weighted by atomic mass is 9.87. The Morgan fingerprint density at radius 1 is 1.26 bits per heavy atom. The van der Waals surface area contributed by atoms with Crippen LogP contribution in [-0.4, -0.2) is 24.6 Å². The van der Waals surface area contributed by atoms with E-state index in [-0.39, 0.29) is 18.0 Å². The summed E-state index contributed by atoms with van der Waals surface area (Å²) in [4.78, 5) is 23.2. The van der Waals surface area contributed by atoms with E-state index < -0.39 is 5.41 Å². The van der Waals surface area contributed by atoms with Crippen molar-refractivity contribution in [3.8, 4) is 0 Å². The molecule has 111 valence electrons. The molecule has 0 aromatic heterocycles. The lowest BCUT2D eigenvalue weighted by molar-refractivity contribution is -0.157. The highest BCUT2D eigenvalue weighted by Crippen LogP contribution is 2.25. The van der Waals surface area contributed by atoms with Gasteiger partial charge in [0.25, 0.3) is 0 Å². The van der Waals surface area contributed by atoms with Crippen LogP contribution in [0, 0.1) is 12.3 Å². The molecule has 0 saturated heterocycles. The fourth-order valence-electron chi connectivity index (χ4n) is 1.48. The normalized spacial score (nSPS) is 11.5. The van der Waals surface area contributed by atoms with Crippen molar-refractivity contribution in [3.05, 3.63) is 6.92 Å². The fraction of sp³-hybridized carbons (Fsp3) is 0.800. The first kappa shape index (κ1) is 17.9. The Labute approximate surface area is 116 Å². The van der Waals surface area contributed by atoms with Gasteiger partial charge < -0.3 is 9.47 Å². The van der Waals surface area contributed by atoms with Gasteiger partial charge in [0.2, 0.25) is 0 Å². The summed E-state index contributed by atoms with van der Waals surface area (Å²) in [7, 11) is 0. The van der Waals surface area contributed by atoms with Crippen LogP contribution in [0.5, 0.6) is 0 Å². The van der Waals surface area contributed by atoms with Crippen LogP contribution < -0.4 is 0 Å². The molecular formula is C15H27O4. The van der Waals surface area contributed by atoms with Crippen LogP contribution in [0.3, 0.4) is 0 Å². The van der Waals surface area contributed by atoms with Gasteiger partial charge in [-0.3, -0.25) is 9.59 Å². The maximum atomic E-state index is 11.8. The van der Waals surface area contributed by atoms with Gasteiger partial charge in [-0.05, 0) is 47.0 Å². The molecule has 0 aromatic carbocycles. The van der Waals surface area contributed by atoms with Crippen LogP contribution in [0.15, 0.2) is 0 Å². The maximum absolute atomic E-state index is 11.8. The van der Waals surface area contributed by atoms with Crippen molar-refractivity contribution in [2.45, 2.75) is 65.9 Å². The molecule has 1 radical (unpaired) electrons. The van der Waals surface area contributed by atoms with Crippen molar-refractivity contribution in [2.75, 3.05) is 6.61 Å². The molecule has 0 N–H and O–H groups in total. The molecular weight excluding hydrogens is 244 g/mol. The summed E-state index contributed by atoms with van der Waals surface area (Å²) in [6, 6.07) is 0. The third-order valence-electron chi connectivity index (χ3n) is 2.71. The van der Waals surface area contributed by atoms with Crippen LogP contribution >= 0.6 is 0 Å². The first-order chi connectivity index (χ1) is 8.79. The molecule has 1 unspecified atom stereocenters. The molecule has 0 aliphatic heterocycles. The van der Waals surface area contributed by atoms with Crippen molar-refractivity contribution in [2.24, 2.45) is 5.41 Å². The van der Waals surface area contributed by atoms with Crippen LogP contribution in [0.4, 0.5) is 0 Å². The number of rotatable bonds is 9. The third kappa shape index (κ3) is 8.62. The predicted molar refractivity (Wildman–Crippen MR) is 74.4 cm³/mol. The zero-order chi connectivity index (χ0) is 14.9. The van der Waals surface area contributed by atoms with Crippen LogP contribution in [0.2, 0.25) is 0 Å². The van der Waals surface area contributed by atoms with E-state index in [1.54, 1.807) is 20.8 Å². The van der Waals surface area contributed by atoms with Crippen LogP contribution in [-0.2, 0) is 19.1 Å². The van der Waals surface area contributed by atoms with E-state index in [2.05, 4.69) is 6.92 Å². The number of hydrogen-bond acceptors (Lipinski definition) is 4. The van der Waals surface area contributed by atoms with Gasteiger partial charge in [-0.25, -0.2) is 0 Å². The van der Waals surface area contributed by atoms with Gasteiger partial charge in [0.15, 0.2) is 0 Å². The number of unbranched alkanes of at least 4 members (excludes halogenated alkanes) is 1. The summed E-state index contributed by atoms with van der Waals surface area (Å²) in [6.45, 7) is 11.7. The van der Waals surface area contributed by atoms with Crippen molar-refractivity contribution in [1.29, 1.82) is 0 Å². The second-order valence-electron chi connectivity index (χ2n) is 5.44. The van der Waals surface area contributed by atoms with Crippen molar-refractivity contribution in [3.63, 3.8) is 0 Å². The summed E-state index contributed by atoms with van der Waals surface area (Å²) in [5.41, 5.74) is -0.798. The largest absolute Gasteiger partial charge is 0.466 e. The third-order valence-corrected chi connectivity index (χ3v) is 2.71. The molecule has 4 heteroatoms. The Morgan fingerprint density at radius 2 is 1.89 bits per heavy atom. The standard InChI is InChI=1S/C15H27O4/c1-6-7-11-18-13(16)9-8-10-15(4,5)14(17)19-12(2)3/h12H,4,6-11H2,1-3,5H3. The van der Waals surface area contributed by atoms with Gasteiger partial charge in [-0.15, -0.1) is 0 Å². The topological polar surface area (TPSA) is 52.6 Å². The molecule has 0 aromatic rings. The molecule has 0 aliphatic carbocycles. The van der Waals surface area contributed by atoms with Gasteiger partial charge in [0.1, 0.15) is 0 Å². The number of carbonyl (C=O) groups excluding carboxylic acids is 2. The van der Waals surface area contributed by atoms with E-state index in [1.807, 2.05) is 6.92 Å². The molecule has 0 amide bonds. The summed E-state index contributed by atoms with van der Waals surface area (Å²) in [5, 5.41) is 0. The zero-order valence-corrected chi connectivity index (χ0v) is 12.7. The fourth-order valence-corrected chi connectivity index (χ4v) is 1.48. The number of ether oxygens (including phenoxy) is 2. The highest BCUT2D eigenvalue weighted by molar-refractivity contribution is 5.77. The average Bonchev–Trinajstić information content (AvgIpc) is 2.28. The molecule has 0 fully saturated rings. The second-order valence-corrected chi connectivity index (χ2v) is 5.44. The average molecular weight is 271 g/mol. The monoisotopic (exact) mass is 271 g/mol. The summed E-state index contributed by atoms with van der Waals surface area (Å²) < 4.78 is 10.2. The van der Waals surface area contributed by atoms with Gasteiger partial charge in [0, 0.05) is 6.42 Å². The molecule has 0 aliphatic rings. The highest BCUT2D eigenvalue weighted by Gasteiger charge is 2.29. The van der Waals surface area contributed by atoms with E-state index in [0.29, 0.717) is 25.9 Å². The van der Waals surface area contributed by atoms with Gasteiger partial charge in [-0.1, -0.05) is 13.3 Å². The van der Waals surface area contributed by atoms with Gasteiger partial charge >= 0.3 is 11.9 Å². The van der Waals surface area contributed by atoms with E-state index in [9.17, 15) is 9.59 Å². The van der Waals surface area contributed by atoms with Gasteiger partial charge in [-0.2, -0.15) is 0 Å². The van der Waals surface area contributed by atoms with Crippen molar-refractivity contribution < 1.29 is 19.1 Å². The number of hydrogen-bond donors (Lipinski definition) is 0. The minimum absolute atomic E-state index is 0.146. The first-order valence-electron chi connectivity index (χ1n) is 7.01. The second kappa shape index (κ2) is 8.94. The van der Waals surface area contributed by atoms with Crippen molar-refractivity contribution >= 4 is 11.9 Å². The lowest BCUT2D eigenvalue weighted by Gasteiger charge is -2.23. The molecule has 0 spiro atoms. The number of esters is 2. The SMILES string of the molecule is [CH2]C(C)(CCCC(=O)OCCCC)C(=O)OC(C)C. The highest BCUT2D eigenvalue weighted by atomic mass is 16.5. The lowest BCUT2D eigenvalue weighted by Crippen LogP contribution is -2.29. The quantitative estimate of drug-likeness (QED) is 0.477. The van der Waals surface area contributed by atoms with E-state index >= 15 is 0 Å². The minimum atomic E-state index is -0.798. The molecule has 19 heavy (non-hydrogen) atoms. The zero-order valence-electron chi connectivity index (χ0n) is 12.7. The Hall–Kier alpha value is -1.06. The predicted octanol–water partition coefficient (Wildman–Crippen LogP) is 3.29. The molecule has 0 rings (SSSR count). The Kier molecular flexibility index (Phi) is 8.44. The van der Waals surface area contributed by atoms with Crippen LogP contribution in [0.25, 0.3) is 0 Å². The minimum Gasteiger partial charge on any atom is -0.466 e. The smallest absolute Gasteiger partial charge is 0.312 e. The first-order valence-corrected chi connectivity index (χ1v) is 7.01.